The zero-order chi connectivity index (χ0) is 17.7. The van der Waals surface area contributed by atoms with Gasteiger partial charge in [0.05, 0.1) is 23.9 Å². The summed E-state index contributed by atoms with van der Waals surface area (Å²) in [5, 5.41) is 9.16. The van der Waals surface area contributed by atoms with Gasteiger partial charge in [0.25, 0.3) is 0 Å². The fraction of sp³-hybridized carbons (Fsp3) is 0.471. The van der Waals surface area contributed by atoms with Gasteiger partial charge in [0, 0.05) is 33.8 Å². The van der Waals surface area contributed by atoms with Crippen molar-refractivity contribution in [3.05, 3.63) is 35.9 Å². The summed E-state index contributed by atoms with van der Waals surface area (Å²) in [5.41, 5.74) is 2.21. The van der Waals surface area contributed by atoms with Crippen LogP contribution in [0.2, 0.25) is 0 Å². The number of ether oxygens (including phenoxy) is 1. The summed E-state index contributed by atoms with van der Waals surface area (Å²) in [6, 6.07) is 6.81. The molecule has 1 aliphatic heterocycles. The molecule has 0 unspecified atom stereocenters. The van der Waals surface area contributed by atoms with Crippen LogP contribution in [0.5, 0.6) is 0 Å². The van der Waals surface area contributed by atoms with E-state index in [-0.39, 0.29) is 11.4 Å². The monoisotopic (exact) mass is 349 g/mol. The predicted octanol–water partition coefficient (Wildman–Crippen LogP) is 1.98. The summed E-state index contributed by atoms with van der Waals surface area (Å²) in [5.74, 6) is 0. The Morgan fingerprint density at radius 1 is 1.38 bits per heavy atom. The molecule has 0 atom stereocenters. The molecule has 1 aromatic rings. The maximum Gasteiger partial charge on any atom is 0.244 e. The normalized spacial score (nSPS) is 15.6. The number of hydrogen-bond acceptors (Lipinski definition) is 5. The second-order valence-corrected chi connectivity index (χ2v) is 7.86. The Hall–Kier alpha value is -1.88. The molecule has 1 heterocycles. The second kappa shape index (κ2) is 7.79. The topological polar surface area (TPSA) is 73.6 Å². The number of nitrogens with zero attached hydrogens (tertiary/aromatic N) is 3. The van der Waals surface area contributed by atoms with Gasteiger partial charge in [0.1, 0.15) is 4.90 Å². The van der Waals surface area contributed by atoms with Crippen molar-refractivity contribution in [3.63, 3.8) is 0 Å². The Balaban J connectivity index is 2.42. The molecule has 0 saturated carbocycles. The number of rotatable bonds is 6. The number of anilines is 1. The lowest BCUT2D eigenvalue weighted by molar-refractivity contribution is 0.185. The summed E-state index contributed by atoms with van der Waals surface area (Å²) in [6.45, 7) is 6.00. The Bertz CT molecular complexity index is 743. The first-order valence-corrected chi connectivity index (χ1v) is 9.25. The van der Waals surface area contributed by atoms with Crippen LogP contribution in [0.15, 0.2) is 35.2 Å². The first kappa shape index (κ1) is 18.5. The molecule has 0 amide bonds. The second-order valence-electron chi connectivity index (χ2n) is 5.85. The van der Waals surface area contributed by atoms with E-state index in [4.69, 9.17) is 10.00 Å². The maximum atomic E-state index is 12.9. The van der Waals surface area contributed by atoms with E-state index in [0.717, 1.165) is 12.8 Å². The van der Waals surface area contributed by atoms with Crippen molar-refractivity contribution in [2.45, 2.75) is 17.7 Å². The fourth-order valence-electron chi connectivity index (χ4n) is 2.62. The van der Waals surface area contributed by atoms with Crippen LogP contribution >= 0.6 is 0 Å². The van der Waals surface area contributed by atoms with Crippen molar-refractivity contribution in [1.29, 1.82) is 5.26 Å². The van der Waals surface area contributed by atoms with E-state index in [1.807, 2.05) is 4.90 Å². The highest BCUT2D eigenvalue weighted by Crippen LogP contribution is 2.31. The minimum Gasteiger partial charge on any atom is -0.383 e. The van der Waals surface area contributed by atoms with E-state index in [2.05, 4.69) is 12.6 Å². The van der Waals surface area contributed by atoms with Gasteiger partial charge >= 0.3 is 0 Å². The quantitative estimate of drug-likeness (QED) is 0.734. The van der Waals surface area contributed by atoms with Gasteiger partial charge in [-0.1, -0.05) is 12.2 Å². The Labute approximate surface area is 144 Å². The third-order valence-electron chi connectivity index (χ3n) is 4.20. The van der Waals surface area contributed by atoms with E-state index in [1.54, 1.807) is 12.1 Å². The summed E-state index contributed by atoms with van der Waals surface area (Å²) in [6.07, 6.45) is 1.66. The molecule has 0 spiro atoms. The van der Waals surface area contributed by atoms with Crippen molar-refractivity contribution in [3.8, 4) is 6.07 Å². The van der Waals surface area contributed by atoms with Crippen molar-refractivity contribution in [2.24, 2.45) is 0 Å². The van der Waals surface area contributed by atoms with Gasteiger partial charge in [-0.2, -0.15) is 9.57 Å². The van der Waals surface area contributed by atoms with E-state index in [1.165, 1.54) is 30.1 Å². The van der Waals surface area contributed by atoms with Crippen LogP contribution in [0.1, 0.15) is 18.4 Å². The molecular formula is C17H23N3O3S. The first-order valence-electron chi connectivity index (χ1n) is 7.81. The fourth-order valence-corrected chi connectivity index (χ4v) is 3.97. The molecule has 0 aliphatic carbocycles. The highest BCUT2D eigenvalue weighted by atomic mass is 32.2. The average Bonchev–Trinajstić information content (AvgIpc) is 2.59. The van der Waals surface area contributed by atoms with Crippen molar-refractivity contribution in [1.82, 2.24) is 4.31 Å². The molecule has 1 saturated heterocycles. The molecule has 1 aromatic carbocycles. The predicted molar refractivity (Wildman–Crippen MR) is 93.4 cm³/mol. The number of hydrogen-bond donors (Lipinski definition) is 0. The van der Waals surface area contributed by atoms with Crippen LogP contribution < -0.4 is 4.90 Å². The van der Waals surface area contributed by atoms with E-state index in [9.17, 15) is 8.42 Å². The Morgan fingerprint density at radius 2 is 2.04 bits per heavy atom. The van der Waals surface area contributed by atoms with Gasteiger partial charge in [-0.3, -0.25) is 0 Å². The third-order valence-corrected chi connectivity index (χ3v) is 6.10. The molecule has 1 aliphatic rings. The van der Waals surface area contributed by atoms with Crippen LogP contribution in [0.3, 0.4) is 0 Å². The van der Waals surface area contributed by atoms with Crippen molar-refractivity contribution in [2.75, 3.05) is 45.3 Å². The minimum absolute atomic E-state index is 0.229. The number of benzene rings is 1. The number of sulfonamides is 1. The van der Waals surface area contributed by atoms with Gasteiger partial charge in [0.15, 0.2) is 0 Å². The third kappa shape index (κ3) is 3.96. The number of nitriles is 1. The van der Waals surface area contributed by atoms with Gasteiger partial charge < -0.3 is 9.64 Å². The average molecular weight is 349 g/mol. The van der Waals surface area contributed by atoms with Gasteiger partial charge in [-0.05, 0) is 31.0 Å². The lowest BCUT2D eigenvalue weighted by Crippen LogP contribution is -2.34. The summed E-state index contributed by atoms with van der Waals surface area (Å²) in [4.78, 5) is 2.25. The van der Waals surface area contributed by atoms with Crippen LogP contribution in [0.25, 0.3) is 0 Å². The number of methoxy groups -OCH3 is 1. The lowest BCUT2D eigenvalue weighted by Gasteiger charge is -2.32. The molecule has 1 fully saturated rings. The maximum absolute atomic E-state index is 12.9. The Morgan fingerprint density at radius 3 is 2.62 bits per heavy atom. The zero-order valence-electron chi connectivity index (χ0n) is 14.2. The molecule has 0 aromatic heterocycles. The minimum atomic E-state index is -3.65. The smallest absolute Gasteiger partial charge is 0.244 e. The molecule has 7 heteroatoms. The summed E-state index contributed by atoms with van der Waals surface area (Å²) in [7, 11) is -0.578. The summed E-state index contributed by atoms with van der Waals surface area (Å²) < 4.78 is 32.1. The summed E-state index contributed by atoms with van der Waals surface area (Å²) >= 11 is 0. The molecule has 0 bridgehead atoms. The van der Waals surface area contributed by atoms with Crippen LogP contribution in [0, 0.1) is 11.3 Å². The van der Waals surface area contributed by atoms with E-state index in [0.29, 0.717) is 30.9 Å². The van der Waals surface area contributed by atoms with Gasteiger partial charge in [0.2, 0.25) is 10.0 Å². The van der Waals surface area contributed by atoms with Crippen molar-refractivity contribution >= 4 is 15.7 Å². The van der Waals surface area contributed by atoms with E-state index < -0.39 is 10.0 Å². The standard InChI is InChI=1S/C17H23N3O3S/c1-14-6-8-20(9-7-14)16-12-15(13-18)4-5-17(16)24(21,22)19(2)10-11-23-3/h4-5,12H,1,6-11H2,2-3H3. The van der Waals surface area contributed by atoms with Gasteiger partial charge in [-0.25, -0.2) is 8.42 Å². The SMILES string of the molecule is C=C1CCN(c2cc(C#N)ccc2S(=O)(=O)N(C)CCOC)CC1. The molecule has 0 N–H and O–H groups in total. The largest absolute Gasteiger partial charge is 0.383 e. The van der Waals surface area contributed by atoms with Crippen molar-refractivity contribution < 1.29 is 13.2 Å². The molecule has 0 radical (unpaired) electrons. The molecule has 6 nitrogen and oxygen atoms in total. The molecule has 130 valence electrons. The lowest BCUT2D eigenvalue weighted by atomic mass is 10.0. The van der Waals surface area contributed by atoms with Crippen LogP contribution in [0.4, 0.5) is 5.69 Å². The molecule has 2 rings (SSSR count). The highest BCUT2D eigenvalue weighted by molar-refractivity contribution is 7.89. The molecular weight excluding hydrogens is 326 g/mol. The Kier molecular flexibility index (Phi) is 5.99. The number of likely N-dealkylation sites (N-methyl/N-ethyl adjacent to an activating group) is 1. The number of piperidine rings is 1. The van der Waals surface area contributed by atoms with Gasteiger partial charge in [-0.15, -0.1) is 0 Å². The van der Waals surface area contributed by atoms with E-state index >= 15 is 0 Å². The zero-order valence-corrected chi connectivity index (χ0v) is 15.0. The van der Waals surface area contributed by atoms with Crippen LogP contribution in [-0.2, 0) is 14.8 Å². The first-order chi connectivity index (χ1) is 11.4. The highest BCUT2D eigenvalue weighted by Gasteiger charge is 2.27. The van der Waals surface area contributed by atoms with Crippen LogP contribution in [-0.4, -0.2) is 53.1 Å². The molecule has 24 heavy (non-hydrogen) atoms.